The zero-order valence-electron chi connectivity index (χ0n) is 16.5. The normalized spacial score (nSPS) is 42.1. The first kappa shape index (κ1) is 22.0. The maximum atomic E-state index is 13.0. The van der Waals surface area contributed by atoms with Crippen molar-refractivity contribution in [1.82, 2.24) is 10.6 Å². The lowest BCUT2D eigenvalue weighted by atomic mass is 9.88. The summed E-state index contributed by atoms with van der Waals surface area (Å²) < 4.78 is 11.7. The summed E-state index contributed by atoms with van der Waals surface area (Å²) in [5.74, 6) is -0.00552. The van der Waals surface area contributed by atoms with Gasteiger partial charge in [-0.15, -0.1) is 11.8 Å². The van der Waals surface area contributed by atoms with Crippen molar-refractivity contribution in [2.24, 2.45) is 11.8 Å². The third kappa shape index (κ3) is 4.40. The summed E-state index contributed by atoms with van der Waals surface area (Å²) in [5, 5.41) is 37.1. The van der Waals surface area contributed by atoms with Crippen molar-refractivity contribution in [3.63, 3.8) is 0 Å². The number of nitrogens with one attached hydrogen (secondary N) is 2. The van der Waals surface area contributed by atoms with Crippen LogP contribution in [-0.2, 0) is 14.3 Å². The highest BCUT2D eigenvalue weighted by Gasteiger charge is 2.48. The Morgan fingerprint density at radius 2 is 1.96 bits per heavy atom. The molecule has 3 rings (SSSR count). The predicted octanol–water partition coefficient (Wildman–Crippen LogP) is -0.769. The average Bonchev–Trinajstić information content (AvgIpc) is 2.93. The highest BCUT2D eigenvalue weighted by molar-refractivity contribution is 7.99. The molecule has 8 nitrogen and oxygen atoms in total. The van der Waals surface area contributed by atoms with E-state index in [4.69, 9.17) is 9.47 Å². The van der Waals surface area contributed by atoms with Crippen LogP contribution in [-0.4, -0.2) is 88.7 Å². The Morgan fingerprint density at radius 1 is 1.21 bits per heavy atom. The fourth-order valence-electron chi connectivity index (χ4n) is 4.23. The molecule has 2 fully saturated rings. The van der Waals surface area contributed by atoms with Gasteiger partial charge < -0.3 is 35.4 Å². The van der Waals surface area contributed by atoms with Crippen LogP contribution in [0.3, 0.4) is 0 Å². The molecule has 3 unspecified atom stereocenters. The summed E-state index contributed by atoms with van der Waals surface area (Å²) in [7, 11) is 0. The van der Waals surface area contributed by atoms with Crippen LogP contribution in [0.1, 0.15) is 20.3 Å². The number of hydrogen-bond donors (Lipinski definition) is 5. The van der Waals surface area contributed by atoms with Crippen molar-refractivity contribution in [2.75, 3.05) is 19.4 Å². The molecule has 0 aromatic rings. The SMILES string of the molecule is CSC1O[C@H]([C@H](NC(=O)[C@H]2NC[C@@H]3CC=CCO[C@H]32)C(C)C)C(O)C(O)[C@H]1O. The van der Waals surface area contributed by atoms with Crippen LogP contribution in [0, 0.1) is 11.8 Å². The molecule has 3 heterocycles. The van der Waals surface area contributed by atoms with Crippen LogP contribution < -0.4 is 10.6 Å². The van der Waals surface area contributed by atoms with Crippen LogP contribution in [0.25, 0.3) is 0 Å². The smallest absolute Gasteiger partial charge is 0.240 e. The van der Waals surface area contributed by atoms with Gasteiger partial charge in [-0.1, -0.05) is 26.0 Å². The molecule has 0 saturated carbocycles. The third-order valence-corrected chi connectivity index (χ3v) is 6.74. The summed E-state index contributed by atoms with van der Waals surface area (Å²) in [4.78, 5) is 13.0. The lowest BCUT2D eigenvalue weighted by Gasteiger charge is -2.44. The van der Waals surface area contributed by atoms with Crippen molar-refractivity contribution in [1.29, 1.82) is 0 Å². The number of amides is 1. The molecule has 0 aromatic carbocycles. The second-order valence-corrected chi connectivity index (χ2v) is 9.04. The van der Waals surface area contributed by atoms with Crippen LogP contribution in [0.15, 0.2) is 12.2 Å². The van der Waals surface area contributed by atoms with Crippen LogP contribution in [0.4, 0.5) is 0 Å². The lowest BCUT2D eigenvalue weighted by molar-refractivity contribution is -0.208. The van der Waals surface area contributed by atoms with E-state index in [0.29, 0.717) is 13.2 Å². The summed E-state index contributed by atoms with van der Waals surface area (Å²) in [6.45, 7) is 5.04. The Hall–Kier alpha value is -0.680. The number of aliphatic hydroxyl groups excluding tert-OH is 3. The Bertz CT molecular complexity index is 575. The molecule has 3 aliphatic heterocycles. The molecular formula is C19H32N2O6S. The maximum Gasteiger partial charge on any atom is 0.240 e. The first-order valence-electron chi connectivity index (χ1n) is 9.88. The molecule has 2 saturated heterocycles. The number of thioether (sulfide) groups is 1. The number of aliphatic hydroxyl groups is 3. The molecule has 0 spiro atoms. The first-order valence-corrected chi connectivity index (χ1v) is 11.2. The van der Waals surface area contributed by atoms with E-state index in [2.05, 4.69) is 16.7 Å². The Morgan fingerprint density at radius 3 is 2.64 bits per heavy atom. The van der Waals surface area contributed by atoms with Gasteiger partial charge in [0.05, 0.1) is 18.8 Å². The van der Waals surface area contributed by atoms with Crippen LogP contribution in [0.5, 0.6) is 0 Å². The molecular weight excluding hydrogens is 384 g/mol. The number of rotatable bonds is 5. The van der Waals surface area contributed by atoms with Crippen molar-refractivity contribution in [2.45, 2.75) is 68.3 Å². The minimum Gasteiger partial charge on any atom is -0.388 e. The molecule has 0 radical (unpaired) electrons. The van der Waals surface area contributed by atoms with Crippen molar-refractivity contribution >= 4 is 17.7 Å². The molecule has 3 aliphatic rings. The molecule has 28 heavy (non-hydrogen) atoms. The molecule has 0 aliphatic carbocycles. The van der Waals surface area contributed by atoms with Gasteiger partial charge in [0.15, 0.2) is 0 Å². The molecule has 160 valence electrons. The van der Waals surface area contributed by atoms with Crippen LogP contribution in [0.2, 0.25) is 0 Å². The Balaban J connectivity index is 1.71. The quantitative estimate of drug-likeness (QED) is 0.371. The van der Waals surface area contributed by atoms with E-state index in [0.717, 1.165) is 6.42 Å². The maximum absolute atomic E-state index is 13.0. The van der Waals surface area contributed by atoms with Gasteiger partial charge in [-0.3, -0.25) is 4.79 Å². The highest BCUT2D eigenvalue weighted by atomic mass is 32.2. The van der Waals surface area contributed by atoms with Crippen molar-refractivity contribution in [3.05, 3.63) is 12.2 Å². The van der Waals surface area contributed by atoms with Crippen LogP contribution >= 0.6 is 11.8 Å². The zero-order chi connectivity index (χ0) is 20.4. The molecule has 0 bridgehead atoms. The molecule has 0 aromatic heterocycles. The molecule has 9 heteroatoms. The summed E-state index contributed by atoms with van der Waals surface area (Å²) in [6.07, 6.45) is 1.86. The van der Waals surface area contributed by atoms with E-state index < -0.39 is 41.9 Å². The number of hydrogen-bond acceptors (Lipinski definition) is 8. The van der Waals surface area contributed by atoms with Gasteiger partial charge in [-0.25, -0.2) is 0 Å². The van der Waals surface area contributed by atoms with Gasteiger partial charge in [0.25, 0.3) is 0 Å². The van der Waals surface area contributed by atoms with Gasteiger partial charge in [-0.05, 0) is 18.6 Å². The fourth-order valence-corrected chi connectivity index (χ4v) is 4.91. The zero-order valence-corrected chi connectivity index (χ0v) is 17.3. The number of ether oxygens (including phenoxy) is 2. The van der Waals surface area contributed by atoms with Gasteiger partial charge in [0.1, 0.15) is 35.9 Å². The number of carbonyl (C=O) groups is 1. The van der Waals surface area contributed by atoms with Gasteiger partial charge in [0, 0.05) is 12.5 Å². The van der Waals surface area contributed by atoms with Gasteiger partial charge in [0.2, 0.25) is 5.91 Å². The van der Waals surface area contributed by atoms with Crippen molar-refractivity contribution < 1.29 is 29.6 Å². The Kier molecular flexibility index (Phi) is 7.41. The summed E-state index contributed by atoms with van der Waals surface area (Å²) in [5.41, 5.74) is -0.674. The minimum absolute atomic E-state index is 0.0533. The second-order valence-electron chi connectivity index (χ2n) is 8.11. The Labute approximate surface area is 170 Å². The monoisotopic (exact) mass is 416 g/mol. The minimum atomic E-state index is -1.33. The van der Waals surface area contributed by atoms with E-state index in [1.54, 1.807) is 6.26 Å². The number of allylic oxidation sites excluding steroid dienone is 1. The van der Waals surface area contributed by atoms with E-state index >= 15 is 0 Å². The molecule has 5 N–H and O–H groups in total. The molecule has 9 atom stereocenters. The average molecular weight is 417 g/mol. The van der Waals surface area contributed by atoms with Gasteiger partial charge >= 0.3 is 0 Å². The summed E-state index contributed by atoms with van der Waals surface area (Å²) >= 11 is 1.26. The fraction of sp³-hybridized carbons (Fsp3) is 0.842. The van der Waals surface area contributed by atoms with Crippen molar-refractivity contribution in [3.8, 4) is 0 Å². The van der Waals surface area contributed by atoms with E-state index in [9.17, 15) is 20.1 Å². The first-order chi connectivity index (χ1) is 13.3. The van der Waals surface area contributed by atoms with E-state index in [-0.39, 0.29) is 23.8 Å². The largest absolute Gasteiger partial charge is 0.388 e. The van der Waals surface area contributed by atoms with Gasteiger partial charge in [-0.2, -0.15) is 0 Å². The molecule has 1 amide bonds. The summed E-state index contributed by atoms with van der Waals surface area (Å²) in [6, 6.07) is -0.997. The number of fused-ring (bicyclic) bond motifs is 1. The van der Waals surface area contributed by atoms with E-state index in [1.807, 2.05) is 19.9 Å². The topological polar surface area (TPSA) is 120 Å². The lowest BCUT2D eigenvalue weighted by Crippen LogP contribution is -2.65. The highest BCUT2D eigenvalue weighted by Crippen LogP contribution is 2.31. The third-order valence-electron chi connectivity index (χ3n) is 5.89. The second kappa shape index (κ2) is 9.42. The van der Waals surface area contributed by atoms with E-state index in [1.165, 1.54) is 11.8 Å². The number of carbonyl (C=O) groups excluding carboxylic acids is 1. The standard InChI is InChI=1S/C19H32N2O6S/c1-9(2)11(17-14(23)13(22)15(24)19(27-17)28-3)21-18(25)12-16-10(8-20-12)6-4-5-7-26-16/h4-5,9-17,19-20,22-24H,6-8H2,1-3H3,(H,21,25)/t10-,11+,12-,13?,14?,15+,16+,17+,19?/m0/s1. The predicted molar refractivity (Wildman–Crippen MR) is 106 cm³/mol.